The second-order valence-electron chi connectivity index (χ2n) is 4.74. The van der Waals surface area contributed by atoms with Crippen molar-refractivity contribution in [3.63, 3.8) is 0 Å². The van der Waals surface area contributed by atoms with Gasteiger partial charge < -0.3 is 0 Å². The Labute approximate surface area is 142 Å². The normalized spacial score (nSPS) is 11.1. The maximum absolute atomic E-state index is 11.8. The van der Waals surface area contributed by atoms with Crippen molar-refractivity contribution < 1.29 is 18.0 Å². The van der Waals surface area contributed by atoms with E-state index in [1.807, 2.05) is 0 Å². The molecule has 0 aliphatic rings. The van der Waals surface area contributed by atoms with Crippen LogP contribution in [0.15, 0.2) is 41.6 Å². The number of carbonyl (C=O) groups is 2. The molecular weight excluding hydrogens is 358 g/mol. The highest BCUT2D eigenvalue weighted by molar-refractivity contribution is 7.89. The van der Waals surface area contributed by atoms with Crippen molar-refractivity contribution in [2.24, 2.45) is 5.14 Å². The number of hydrogen-bond donors (Lipinski definition) is 3. The van der Waals surface area contributed by atoms with Crippen LogP contribution in [0.5, 0.6) is 0 Å². The predicted molar refractivity (Wildman–Crippen MR) is 85.3 cm³/mol. The zero-order valence-corrected chi connectivity index (χ0v) is 13.8. The molecule has 24 heavy (non-hydrogen) atoms. The van der Waals surface area contributed by atoms with Gasteiger partial charge in [0.1, 0.15) is 4.90 Å². The average Bonchev–Trinajstić information content (AvgIpc) is 3.00. The molecule has 11 heteroatoms. The third kappa shape index (κ3) is 5.05. The highest BCUT2D eigenvalue weighted by Gasteiger charge is 2.12. The number of nitrogens with one attached hydrogen (secondary N) is 2. The number of primary sulfonamides is 1. The summed E-state index contributed by atoms with van der Waals surface area (Å²) < 4.78 is 23.5. The van der Waals surface area contributed by atoms with Crippen LogP contribution in [0.25, 0.3) is 0 Å². The van der Waals surface area contributed by atoms with Gasteiger partial charge in [0.15, 0.2) is 0 Å². The number of nitrogens with two attached hydrogens (primary N) is 1. The molecule has 0 saturated carbocycles. The molecule has 1 aromatic heterocycles. The number of hydrogen-bond acceptors (Lipinski definition) is 5. The summed E-state index contributed by atoms with van der Waals surface area (Å²) in [5.41, 5.74) is 4.84. The first kappa shape index (κ1) is 17.9. The smallest absolute Gasteiger partial charge is 0.269 e. The van der Waals surface area contributed by atoms with Crippen molar-refractivity contribution >= 4 is 33.4 Å². The number of hydrazine groups is 1. The largest absolute Gasteiger partial charge is 0.273 e. The highest BCUT2D eigenvalue weighted by atomic mass is 35.5. The maximum Gasteiger partial charge on any atom is 0.269 e. The molecule has 0 aliphatic heterocycles. The molecular formula is C13H14ClN5O4S. The molecule has 0 radical (unpaired) electrons. The average molecular weight is 372 g/mol. The Morgan fingerprint density at radius 1 is 1.21 bits per heavy atom. The van der Waals surface area contributed by atoms with Crippen LogP contribution in [0.1, 0.15) is 16.8 Å². The van der Waals surface area contributed by atoms with Crippen LogP contribution in [0.2, 0.25) is 5.02 Å². The monoisotopic (exact) mass is 371 g/mol. The van der Waals surface area contributed by atoms with Gasteiger partial charge in [-0.1, -0.05) is 11.6 Å². The fourth-order valence-corrected chi connectivity index (χ4v) is 2.28. The molecule has 1 heterocycles. The summed E-state index contributed by atoms with van der Waals surface area (Å²) in [7, 11) is -3.83. The van der Waals surface area contributed by atoms with Gasteiger partial charge in [-0.05, 0) is 24.3 Å². The number of carbonyl (C=O) groups excluding carboxylic acids is 2. The Kier molecular flexibility index (Phi) is 5.54. The highest BCUT2D eigenvalue weighted by Crippen LogP contribution is 2.09. The van der Waals surface area contributed by atoms with Crippen LogP contribution in [0.4, 0.5) is 0 Å². The Bertz CT molecular complexity index is 848. The number of amides is 2. The first-order valence-corrected chi connectivity index (χ1v) is 8.58. The third-order valence-electron chi connectivity index (χ3n) is 2.93. The minimum absolute atomic E-state index is 0.0212. The summed E-state index contributed by atoms with van der Waals surface area (Å²) in [5, 5.41) is 9.23. The molecule has 2 rings (SSSR count). The Morgan fingerprint density at radius 3 is 2.46 bits per heavy atom. The third-order valence-corrected chi connectivity index (χ3v) is 4.05. The van der Waals surface area contributed by atoms with Gasteiger partial charge in [-0.3, -0.25) is 25.1 Å². The van der Waals surface area contributed by atoms with Crippen LogP contribution >= 0.6 is 11.6 Å². The van der Waals surface area contributed by atoms with E-state index in [4.69, 9.17) is 16.7 Å². The summed E-state index contributed by atoms with van der Waals surface area (Å²) in [6.45, 7) is 0.123. The van der Waals surface area contributed by atoms with Crippen LogP contribution in [-0.2, 0) is 21.4 Å². The SMILES string of the molecule is NS(=O)(=O)c1cnn(CCC(=O)NNC(=O)c2ccc(Cl)cc2)c1. The second kappa shape index (κ2) is 7.43. The molecule has 0 atom stereocenters. The van der Waals surface area contributed by atoms with Crippen LogP contribution in [-0.4, -0.2) is 30.0 Å². The molecule has 0 spiro atoms. The lowest BCUT2D eigenvalue weighted by atomic mass is 10.2. The number of rotatable bonds is 5. The molecule has 2 aromatic rings. The summed E-state index contributed by atoms with van der Waals surface area (Å²) in [4.78, 5) is 23.3. The van der Waals surface area contributed by atoms with E-state index in [1.165, 1.54) is 23.0 Å². The predicted octanol–water partition coefficient (Wildman–Crippen LogP) is 0.0352. The number of benzene rings is 1. The van der Waals surface area contributed by atoms with Crippen LogP contribution < -0.4 is 16.0 Å². The van der Waals surface area contributed by atoms with Gasteiger partial charge in [0.25, 0.3) is 5.91 Å². The molecule has 9 nitrogen and oxygen atoms in total. The topological polar surface area (TPSA) is 136 Å². The van der Waals surface area contributed by atoms with Crippen molar-refractivity contribution in [2.45, 2.75) is 17.9 Å². The number of halogens is 1. The minimum Gasteiger partial charge on any atom is -0.273 e. The Morgan fingerprint density at radius 2 is 1.88 bits per heavy atom. The van der Waals surface area contributed by atoms with Gasteiger partial charge in [0, 0.05) is 29.7 Å². The zero-order valence-electron chi connectivity index (χ0n) is 12.3. The van der Waals surface area contributed by atoms with E-state index < -0.39 is 21.8 Å². The molecule has 0 bridgehead atoms. The lowest BCUT2D eigenvalue weighted by molar-refractivity contribution is -0.122. The second-order valence-corrected chi connectivity index (χ2v) is 6.74. The maximum atomic E-state index is 11.8. The van der Waals surface area contributed by atoms with Gasteiger partial charge in [-0.25, -0.2) is 13.6 Å². The van der Waals surface area contributed by atoms with Crippen molar-refractivity contribution in [2.75, 3.05) is 0 Å². The van der Waals surface area contributed by atoms with E-state index in [-0.39, 0.29) is 17.9 Å². The van der Waals surface area contributed by atoms with Gasteiger partial charge in [-0.15, -0.1) is 0 Å². The van der Waals surface area contributed by atoms with E-state index in [2.05, 4.69) is 16.0 Å². The number of aromatic nitrogens is 2. The Hall–Kier alpha value is -2.43. The fourth-order valence-electron chi connectivity index (χ4n) is 1.69. The molecule has 4 N–H and O–H groups in total. The number of aryl methyl sites for hydroxylation is 1. The molecule has 2 amide bonds. The number of nitrogens with zero attached hydrogens (tertiary/aromatic N) is 2. The standard InChI is InChI=1S/C13H14ClN5O4S/c14-10-3-1-9(2-4-10)13(21)18-17-12(20)5-6-19-8-11(7-16-19)24(15,22)23/h1-4,7-8H,5-6H2,(H,17,20)(H,18,21)(H2,15,22,23). The summed E-state index contributed by atoms with van der Waals surface area (Å²) in [6, 6.07) is 6.14. The van der Waals surface area contributed by atoms with E-state index in [9.17, 15) is 18.0 Å². The summed E-state index contributed by atoms with van der Waals surface area (Å²) in [5.74, 6) is -0.958. The lowest BCUT2D eigenvalue weighted by Gasteiger charge is -2.07. The summed E-state index contributed by atoms with van der Waals surface area (Å²) >= 11 is 5.72. The fraction of sp³-hybridized carbons (Fsp3) is 0.154. The lowest BCUT2D eigenvalue weighted by Crippen LogP contribution is -2.41. The van der Waals surface area contributed by atoms with E-state index in [0.717, 1.165) is 6.20 Å². The van der Waals surface area contributed by atoms with Gasteiger partial charge in [0.2, 0.25) is 15.9 Å². The van der Waals surface area contributed by atoms with Crippen molar-refractivity contribution in [1.29, 1.82) is 0 Å². The minimum atomic E-state index is -3.83. The van der Waals surface area contributed by atoms with E-state index in [1.54, 1.807) is 12.1 Å². The van der Waals surface area contributed by atoms with Crippen molar-refractivity contribution in [3.05, 3.63) is 47.2 Å². The molecule has 128 valence electrons. The van der Waals surface area contributed by atoms with Crippen molar-refractivity contribution in [3.8, 4) is 0 Å². The Balaban J connectivity index is 1.80. The first-order chi connectivity index (χ1) is 11.3. The van der Waals surface area contributed by atoms with Crippen molar-refractivity contribution in [1.82, 2.24) is 20.6 Å². The van der Waals surface area contributed by atoms with E-state index in [0.29, 0.717) is 10.6 Å². The quantitative estimate of drug-likeness (QED) is 0.637. The van der Waals surface area contributed by atoms with Gasteiger partial charge >= 0.3 is 0 Å². The van der Waals surface area contributed by atoms with E-state index >= 15 is 0 Å². The molecule has 0 saturated heterocycles. The number of sulfonamides is 1. The van der Waals surface area contributed by atoms with Crippen LogP contribution in [0.3, 0.4) is 0 Å². The molecule has 1 aromatic carbocycles. The zero-order chi connectivity index (χ0) is 17.7. The molecule has 0 aliphatic carbocycles. The molecule has 0 fully saturated rings. The summed E-state index contributed by atoms with van der Waals surface area (Å²) in [6.07, 6.45) is 2.29. The van der Waals surface area contributed by atoms with Gasteiger partial charge in [0.05, 0.1) is 6.20 Å². The molecule has 0 unspecified atom stereocenters. The first-order valence-electron chi connectivity index (χ1n) is 6.66. The van der Waals surface area contributed by atoms with Gasteiger partial charge in [-0.2, -0.15) is 5.10 Å². The van der Waals surface area contributed by atoms with Crippen LogP contribution in [0, 0.1) is 0 Å².